The molecule has 1 heterocycles. The van der Waals surface area contributed by atoms with Gasteiger partial charge in [0.1, 0.15) is 0 Å². The molecular weight excluding hydrogens is 208 g/mol. The predicted molar refractivity (Wildman–Crippen MR) is 58.5 cm³/mol. The monoisotopic (exact) mass is 226 g/mol. The molecule has 1 amide bonds. The Morgan fingerprint density at radius 3 is 2.75 bits per heavy atom. The molecule has 0 saturated heterocycles. The number of rotatable bonds is 6. The van der Waals surface area contributed by atoms with E-state index in [1.807, 2.05) is 13.8 Å². The van der Waals surface area contributed by atoms with Gasteiger partial charge in [0.05, 0.1) is 5.54 Å². The quantitative estimate of drug-likeness (QED) is 0.725. The zero-order chi connectivity index (χ0) is 12.0. The van der Waals surface area contributed by atoms with Crippen molar-refractivity contribution in [3.05, 3.63) is 12.2 Å². The summed E-state index contributed by atoms with van der Waals surface area (Å²) in [7, 11) is 0. The van der Waals surface area contributed by atoms with Crippen LogP contribution in [0.5, 0.6) is 0 Å². The molecule has 6 nitrogen and oxygen atoms in total. The second kappa shape index (κ2) is 5.60. The van der Waals surface area contributed by atoms with Gasteiger partial charge in [-0.3, -0.25) is 4.79 Å². The van der Waals surface area contributed by atoms with Gasteiger partial charge in [-0.1, -0.05) is 19.0 Å². The van der Waals surface area contributed by atoms with E-state index in [9.17, 15) is 4.79 Å². The van der Waals surface area contributed by atoms with Crippen LogP contribution in [0.1, 0.15) is 32.5 Å². The zero-order valence-electron chi connectivity index (χ0n) is 9.69. The topological polar surface area (TPSA) is 94.0 Å². The number of carbonyl (C=O) groups is 1. The molecule has 0 bridgehead atoms. The van der Waals surface area contributed by atoms with E-state index in [-0.39, 0.29) is 5.91 Å². The molecule has 1 rings (SSSR count). The normalized spacial score (nSPS) is 11.4. The third-order valence-corrected chi connectivity index (χ3v) is 2.76. The Morgan fingerprint density at radius 2 is 2.25 bits per heavy atom. The summed E-state index contributed by atoms with van der Waals surface area (Å²) in [5, 5.41) is 6.42. The first-order chi connectivity index (χ1) is 7.62. The van der Waals surface area contributed by atoms with Gasteiger partial charge in [-0.15, -0.1) is 0 Å². The van der Waals surface area contributed by atoms with Crippen molar-refractivity contribution in [3.8, 4) is 0 Å². The SMILES string of the molecule is CCC(N)(CC)C(=O)NCCc1ncon1. The van der Waals surface area contributed by atoms with E-state index in [2.05, 4.69) is 20.0 Å². The summed E-state index contributed by atoms with van der Waals surface area (Å²) in [6, 6.07) is 0. The van der Waals surface area contributed by atoms with Gasteiger partial charge in [-0.25, -0.2) is 0 Å². The molecule has 90 valence electrons. The van der Waals surface area contributed by atoms with Crippen molar-refractivity contribution in [3.63, 3.8) is 0 Å². The average molecular weight is 226 g/mol. The Bertz CT molecular complexity index is 320. The van der Waals surface area contributed by atoms with Crippen molar-refractivity contribution in [2.75, 3.05) is 6.54 Å². The Kier molecular flexibility index (Phi) is 4.42. The molecule has 6 heteroatoms. The maximum atomic E-state index is 11.8. The van der Waals surface area contributed by atoms with Crippen LogP contribution in [0.2, 0.25) is 0 Å². The number of aromatic nitrogens is 2. The van der Waals surface area contributed by atoms with Crippen LogP contribution in [0.4, 0.5) is 0 Å². The molecule has 16 heavy (non-hydrogen) atoms. The molecule has 0 fully saturated rings. The highest BCUT2D eigenvalue weighted by atomic mass is 16.5. The Hall–Kier alpha value is -1.43. The van der Waals surface area contributed by atoms with Gasteiger partial charge in [-0.2, -0.15) is 4.98 Å². The van der Waals surface area contributed by atoms with E-state index in [4.69, 9.17) is 5.73 Å². The van der Waals surface area contributed by atoms with Gasteiger partial charge >= 0.3 is 0 Å². The summed E-state index contributed by atoms with van der Waals surface area (Å²) >= 11 is 0. The van der Waals surface area contributed by atoms with Gasteiger partial charge in [0.2, 0.25) is 12.3 Å². The van der Waals surface area contributed by atoms with Crippen molar-refractivity contribution in [2.24, 2.45) is 5.73 Å². The van der Waals surface area contributed by atoms with Gasteiger partial charge in [-0.05, 0) is 12.8 Å². The Balaban J connectivity index is 2.35. The lowest BCUT2D eigenvalue weighted by Crippen LogP contribution is -2.53. The fourth-order valence-electron chi connectivity index (χ4n) is 1.34. The summed E-state index contributed by atoms with van der Waals surface area (Å²) in [5.41, 5.74) is 5.17. The summed E-state index contributed by atoms with van der Waals surface area (Å²) in [5.74, 6) is 0.455. The summed E-state index contributed by atoms with van der Waals surface area (Å²) in [4.78, 5) is 15.6. The molecular formula is C10H18N4O2. The number of carbonyl (C=O) groups excluding carboxylic acids is 1. The van der Waals surface area contributed by atoms with Gasteiger partial charge in [0.15, 0.2) is 5.82 Å². The lowest BCUT2D eigenvalue weighted by molar-refractivity contribution is -0.126. The first kappa shape index (κ1) is 12.6. The van der Waals surface area contributed by atoms with Crippen LogP contribution in [0, 0.1) is 0 Å². The van der Waals surface area contributed by atoms with Gasteiger partial charge < -0.3 is 15.6 Å². The predicted octanol–water partition coefficient (Wildman–Crippen LogP) is 0.246. The first-order valence-corrected chi connectivity index (χ1v) is 5.44. The van der Waals surface area contributed by atoms with Gasteiger partial charge in [0, 0.05) is 13.0 Å². The lowest BCUT2D eigenvalue weighted by Gasteiger charge is -2.24. The molecule has 0 aliphatic carbocycles. The summed E-state index contributed by atoms with van der Waals surface area (Å²) in [6.45, 7) is 4.28. The number of hydrogen-bond acceptors (Lipinski definition) is 5. The number of amides is 1. The second-order valence-electron chi connectivity index (χ2n) is 3.72. The van der Waals surface area contributed by atoms with E-state index >= 15 is 0 Å². The zero-order valence-corrected chi connectivity index (χ0v) is 9.69. The highest BCUT2D eigenvalue weighted by Crippen LogP contribution is 2.10. The van der Waals surface area contributed by atoms with Crippen LogP contribution in [0.25, 0.3) is 0 Å². The maximum Gasteiger partial charge on any atom is 0.240 e. The van der Waals surface area contributed by atoms with Crippen molar-refractivity contribution in [1.82, 2.24) is 15.5 Å². The first-order valence-electron chi connectivity index (χ1n) is 5.44. The fourth-order valence-corrected chi connectivity index (χ4v) is 1.34. The van der Waals surface area contributed by atoms with Crippen LogP contribution >= 0.6 is 0 Å². The third-order valence-electron chi connectivity index (χ3n) is 2.76. The van der Waals surface area contributed by atoms with Crippen molar-refractivity contribution in [2.45, 2.75) is 38.6 Å². The molecule has 1 aromatic heterocycles. The minimum Gasteiger partial charge on any atom is -0.354 e. The van der Waals surface area contributed by atoms with Crippen LogP contribution in [-0.4, -0.2) is 28.1 Å². The van der Waals surface area contributed by atoms with E-state index in [1.165, 1.54) is 6.39 Å². The number of hydrogen-bond donors (Lipinski definition) is 2. The average Bonchev–Trinajstić information content (AvgIpc) is 2.80. The largest absolute Gasteiger partial charge is 0.354 e. The summed E-state index contributed by atoms with van der Waals surface area (Å²) in [6.07, 6.45) is 3.06. The minimum atomic E-state index is -0.767. The van der Waals surface area contributed by atoms with Crippen molar-refractivity contribution < 1.29 is 9.32 Å². The Labute approximate surface area is 94.6 Å². The van der Waals surface area contributed by atoms with E-state index in [0.29, 0.717) is 31.6 Å². The van der Waals surface area contributed by atoms with Crippen molar-refractivity contribution >= 4 is 5.91 Å². The molecule has 0 aliphatic rings. The van der Waals surface area contributed by atoms with Crippen LogP contribution in [0.3, 0.4) is 0 Å². The standard InChI is InChI=1S/C10H18N4O2/c1-3-10(11,4-2)9(15)12-6-5-8-13-7-16-14-8/h7H,3-6,11H2,1-2H3,(H,12,15). The lowest BCUT2D eigenvalue weighted by atomic mass is 9.93. The molecule has 0 saturated carbocycles. The summed E-state index contributed by atoms with van der Waals surface area (Å²) < 4.78 is 4.58. The molecule has 0 radical (unpaired) electrons. The molecule has 0 aliphatic heterocycles. The molecule has 0 spiro atoms. The molecule has 1 aromatic rings. The highest BCUT2D eigenvalue weighted by molar-refractivity contribution is 5.85. The smallest absolute Gasteiger partial charge is 0.240 e. The third kappa shape index (κ3) is 3.03. The van der Waals surface area contributed by atoms with E-state index in [1.54, 1.807) is 0 Å². The molecule has 0 aromatic carbocycles. The molecule has 3 N–H and O–H groups in total. The molecule has 0 unspecified atom stereocenters. The second-order valence-corrected chi connectivity index (χ2v) is 3.72. The minimum absolute atomic E-state index is 0.124. The van der Waals surface area contributed by atoms with E-state index < -0.39 is 5.54 Å². The fraction of sp³-hybridized carbons (Fsp3) is 0.700. The molecule has 0 atom stereocenters. The van der Waals surface area contributed by atoms with Crippen LogP contribution in [0.15, 0.2) is 10.9 Å². The van der Waals surface area contributed by atoms with Gasteiger partial charge in [0.25, 0.3) is 0 Å². The van der Waals surface area contributed by atoms with Crippen LogP contribution < -0.4 is 11.1 Å². The van der Waals surface area contributed by atoms with E-state index in [0.717, 1.165) is 0 Å². The van der Waals surface area contributed by atoms with Crippen LogP contribution in [-0.2, 0) is 11.2 Å². The maximum absolute atomic E-state index is 11.8. The number of nitrogens with two attached hydrogens (primary N) is 1. The number of nitrogens with one attached hydrogen (secondary N) is 1. The number of nitrogens with zero attached hydrogens (tertiary/aromatic N) is 2. The van der Waals surface area contributed by atoms with Crippen molar-refractivity contribution in [1.29, 1.82) is 0 Å². The highest BCUT2D eigenvalue weighted by Gasteiger charge is 2.29. The Morgan fingerprint density at radius 1 is 1.56 bits per heavy atom.